The van der Waals surface area contributed by atoms with Gasteiger partial charge >= 0.3 is 0 Å². The van der Waals surface area contributed by atoms with E-state index in [1.807, 2.05) is 11.7 Å². The first kappa shape index (κ1) is 14.0. The molecule has 0 saturated carbocycles. The SMILES string of the molecule is CCCNC(c1c(Br)nnn1C)C1CCCCO1. The molecule has 0 radical (unpaired) electrons. The third kappa shape index (κ3) is 3.10. The van der Waals surface area contributed by atoms with Crippen molar-refractivity contribution in [1.82, 2.24) is 20.3 Å². The minimum absolute atomic E-state index is 0.166. The Morgan fingerprint density at radius 2 is 2.39 bits per heavy atom. The van der Waals surface area contributed by atoms with E-state index in [1.54, 1.807) is 0 Å². The number of aromatic nitrogens is 3. The van der Waals surface area contributed by atoms with Crippen LogP contribution < -0.4 is 5.32 Å². The van der Waals surface area contributed by atoms with E-state index in [4.69, 9.17) is 4.74 Å². The van der Waals surface area contributed by atoms with E-state index in [0.29, 0.717) is 0 Å². The molecule has 1 saturated heterocycles. The highest BCUT2D eigenvalue weighted by Gasteiger charge is 2.30. The first-order valence-corrected chi connectivity index (χ1v) is 7.43. The summed E-state index contributed by atoms with van der Waals surface area (Å²) in [5, 5.41) is 11.7. The van der Waals surface area contributed by atoms with E-state index in [1.165, 1.54) is 12.8 Å². The van der Waals surface area contributed by atoms with Gasteiger partial charge in [0.1, 0.15) is 0 Å². The number of rotatable bonds is 5. The maximum Gasteiger partial charge on any atom is 0.153 e. The van der Waals surface area contributed by atoms with E-state index in [9.17, 15) is 0 Å². The maximum atomic E-state index is 5.92. The van der Waals surface area contributed by atoms with Crippen molar-refractivity contribution in [3.63, 3.8) is 0 Å². The monoisotopic (exact) mass is 316 g/mol. The first-order chi connectivity index (χ1) is 8.74. The van der Waals surface area contributed by atoms with Crippen molar-refractivity contribution in [2.24, 2.45) is 7.05 Å². The summed E-state index contributed by atoms with van der Waals surface area (Å²) >= 11 is 3.49. The number of hydrogen-bond acceptors (Lipinski definition) is 4. The van der Waals surface area contributed by atoms with E-state index in [-0.39, 0.29) is 12.1 Å². The molecule has 1 aromatic rings. The van der Waals surface area contributed by atoms with Gasteiger partial charge in [-0.1, -0.05) is 12.1 Å². The van der Waals surface area contributed by atoms with Crippen LogP contribution in [0, 0.1) is 0 Å². The maximum absolute atomic E-state index is 5.92. The molecule has 18 heavy (non-hydrogen) atoms. The smallest absolute Gasteiger partial charge is 0.153 e. The highest BCUT2D eigenvalue weighted by atomic mass is 79.9. The molecule has 5 nitrogen and oxygen atoms in total. The molecule has 0 spiro atoms. The highest BCUT2D eigenvalue weighted by molar-refractivity contribution is 9.10. The van der Waals surface area contributed by atoms with Gasteiger partial charge in [-0.15, -0.1) is 5.10 Å². The summed E-state index contributed by atoms with van der Waals surface area (Å²) in [6.45, 7) is 4.00. The molecule has 0 aromatic carbocycles. The summed E-state index contributed by atoms with van der Waals surface area (Å²) in [5.41, 5.74) is 1.08. The Balaban J connectivity index is 2.18. The fourth-order valence-corrected chi connectivity index (χ4v) is 2.98. The van der Waals surface area contributed by atoms with Crippen molar-refractivity contribution in [3.8, 4) is 0 Å². The predicted octanol–water partition coefficient (Wildman–Crippen LogP) is 2.19. The molecule has 102 valence electrons. The average molecular weight is 317 g/mol. The number of nitrogens with zero attached hydrogens (tertiary/aromatic N) is 3. The number of aryl methyl sites for hydroxylation is 1. The summed E-state index contributed by atoms with van der Waals surface area (Å²) in [6, 6.07) is 0.166. The largest absolute Gasteiger partial charge is 0.376 e. The molecule has 1 fully saturated rings. The van der Waals surface area contributed by atoms with Crippen LogP contribution in [0.4, 0.5) is 0 Å². The molecule has 1 aromatic heterocycles. The van der Waals surface area contributed by atoms with E-state index >= 15 is 0 Å². The van der Waals surface area contributed by atoms with Crippen LogP contribution >= 0.6 is 15.9 Å². The van der Waals surface area contributed by atoms with Gasteiger partial charge in [0.05, 0.1) is 17.8 Å². The zero-order chi connectivity index (χ0) is 13.0. The Labute approximate surface area is 116 Å². The standard InChI is InChI=1S/C12H21BrN4O/c1-3-7-14-10(9-6-4-5-8-18-9)11-12(13)15-16-17(11)2/h9-10,14H,3-8H2,1-2H3. The van der Waals surface area contributed by atoms with Crippen LogP contribution in [0.3, 0.4) is 0 Å². The van der Waals surface area contributed by atoms with E-state index in [2.05, 4.69) is 38.5 Å². The van der Waals surface area contributed by atoms with Crippen LogP contribution in [0.25, 0.3) is 0 Å². The summed E-state index contributed by atoms with van der Waals surface area (Å²) in [4.78, 5) is 0. The van der Waals surface area contributed by atoms with E-state index in [0.717, 1.165) is 36.3 Å². The highest BCUT2D eigenvalue weighted by Crippen LogP contribution is 2.29. The Morgan fingerprint density at radius 1 is 1.56 bits per heavy atom. The Morgan fingerprint density at radius 3 is 2.94 bits per heavy atom. The van der Waals surface area contributed by atoms with Gasteiger partial charge in [0, 0.05) is 13.7 Å². The molecule has 1 N–H and O–H groups in total. The minimum Gasteiger partial charge on any atom is -0.376 e. The molecular formula is C12H21BrN4O. The second kappa shape index (κ2) is 6.63. The lowest BCUT2D eigenvalue weighted by Gasteiger charge is -2.31. The molecule has 1 aliphatic rings. The van der Waals surface area contributed by atoms with Crippen LogP contribution in [-0.2, 0) is 11.8 Å². The fraction of sp³-hybridized carbons (Fsp3) is 0.833. The Bertz CT molecular complexity index is 357. The number of halogens is 1. The van der Waals surface area contributed by atoms with Crippen LogP contribution in [0.1, 0.15) is 44.3 Å². The van der Waals surface area contributed by atoms with Crippen molar-refractivity contribution in [2.45, 2.75) is 44.8 Å². The molecule has 2 atom stereocenters. The second-order valence-corrected chi connectivity index (χ2v) is 5.48. The van der Waals surface area contributed by atoms with E-state index < -0.39 is 0 Å². The lowest BCUT2D eigenvalue weighted by molar-refractivity contribution is -0.00994. The summed E-state index contributed by atoms with van der Waals surface area (Å²) in [5.74, 6) is 0. The van der Waals surface area contributed by atoms with Gasteiger partial charge in [0.2, 0.25) is 0 Å². The van der Waals surface area contributed by atoms with Gasteiger partial charge in [-0.25, -0.2) is 4.68 Å². The van der Waals surface area contributed by atoms with Gasteiger partial charge in [-0.2, -0.15) is 0 Å². The topological polar surface area (TPSA) is 52.0 Å². The first-order valence-electron chi connectivity index (χ1n) is 6.64. The van der Waals surface area contributed by atoms with Gasteiger partial charge in [-0.3, -0.25) is 0 Å². The van der Waals surface area contributed by atoms with Gasteiger partial charge in [-0.05, 0) is 48.2 Å². The Hall–Kier alpha value is -0.460. The second-order valence-electron chi connectivity index (χ2n) is 4.73. The van der Waals surface area contributed by atoms with Crippen molar-refractivity contribution < 1.29 is 4.74 Å². The van der Waals surface area contributed by atoms with Crippen LogP contribution in [0.15, 0.2) is 4.60 Å². The number of hydrogen-bond donors (Lipinski definition) is 1. The quantitative estimate of drug-likeness (QED) is 0.904. The zero-order valence-corrected chi connectivity index (χ0v) is 12.6. The summed E-state index contributed by atoms with van der Waals surface area (Å²) < 4.78 is 8.56. The molecule has 0 bridgehead atoms. The number of nitrogens with one attached hydrogen (secondary N) is 1. The van der Waals surface area contributed by atoms with Crippen molar-refractivity contribution >= 4 is 15.9 Å². The Kier molecular flexibility index (Phi) is 5.14. The lowest BCUT2D eigenvalue weighted by atomic mass is 9.99. The molecule has 0 amide bonds. The molecule has 1 aliphatic heterocycles. The molecular weight excluding hydrogens is 296 g/mol. The van der Waals surface area contributed by atoms with Crippen molar-refractivity contribution in [3.05, 3.63) is 10.3 Å². The lowest BCUT2D eigenvalue weighted by Crippen LogP contribution is -2.37. The molecule has 0 aliphatic carbocycles. The number of ether oxygens (including phenoxy) is 1. The van der Waals surface area contributed by atoms with Crippen LogP contribution in [0.2, 0.25) is 0 Å². The molecule has 2 unspecified atom stereocenters. The van der Waals surface area contributed by atoms with Crippen molar-refractivity contribution in [2.75, 3.05) is 13.2 Å². The zero-order valence-electron chi connectivity index (χ0n) is 11.0. The molecule has 2 heterocycles. The summed E-state index contributed by atoms with van der Waals surface area (Å²) in [6.07, 6.45) is 4.82. The van der Waals surface area contributed by atoms with Gasteiger partial charge in [0.15, 0.2) is 4.60 Å². The molecule has 2 rings (SSSR count). The predicted molar refractivity (Wildman–Crippen MR) is 73.3 cm³/mol. The summed E-state index contributed by atoms with van der Waals surface area (Å²) in [7, 11) is 1.93. The minimum atomic E-state index is 0.166. The van der Waals surface area contributed by atoms with Gasteiger partial charge in [0.25, 0.3) is 0 Å². The van der Waals surface area contributed by atoms with Crippen LogP contribution in [-0.4, -0.2) is 34.2 Å². The van der Waals surface area contributed by atoms with Crippen LogP contribution in [0.5, 0.6) is 0 Å². The fourth-order valence-electron chi connectivity index (χ4n) is 2.40. The van der Waals surface area contributed by atoms with Crippen molar-refractivity contribution in [1.29, 1.82) is 0 Å². The molecule has 6 heteroatoms. The average Bonchev–Trinajstić information content (AvgIpc) is 2.72. The van der Waals surface area contributed by atoms with Gasteiger partial charge < -0.3 is 10.1 Å². The third-order valence-corrected chi connectivity index (χ3v) is 3.89. The third-order valence-electron chi connectivity index (χ3n) is 3.32. The normalized spacial score (nSPS) is 22.1.